The number of rotatable bonds is 6. The van der Waals surface area contributed by atoms with Crippen LogP contribution in [0.4, 0.5) is 18.2 Å². The van der Waals surface area contributed by atoms with Crippen molar-refractivity contribution in [2.45, 2.75) is 26.1 Å². The zero-order chi connectivity index (χ0) is 15.3. The molecule has 1 heterocycles. The summed E-state index contributed by atoms with van der Waals surface area (Å²) in [7, 11) is 1.67. The Morgan fingerprint density at radius 3 is 2.70 bits per heavy atom. The predicted octanol–water partition coefficient (Wildman–Crippen LogP) is 2.19. The van der Waals surface area contributed by atoms with Crippen molar-refractivity contribution < 1.29 is 22.7 Å². The number of amides is 1. The van der Waals surface area contributed by atoms with E-state index < -0.39 is 18.8 Å². The maximum atomic E-state index is 12.0. The summed E-state index contributed by atoms with van der Waals surface area (Å²) >= 11 is 1.15. The van der Waals surface area contributed by atoms with Gasteiger partial charge in [-0.15, -0.1) is 0 Å². The van der Waals surface area contributed by atoms with Crippen LogP contribution in [0.15, 0.2) is 0 Å². The van der Waals surface area contributed by atoms with E-state index in [0.29, 0.717) is 16.3 Å². The van der Waals surface area contributed by atoms with Gasteiger partial charge < -0.3 is 15.4 Å². The molecule has 1 aromatic rings. The standard InChI is InChI=1S/C11H16F3N3O2S/c1-6(4-19-5-11(12,13)14)16-9(18)8-7(2)17-20-10(8)15-3/h6,15H,4-5H2,1-3H3,(H,16,18). The number of anilines is 1. The Kier molecular flexibility index (Phi) is 5.75. The van der Waals surface area contributed by atoms with Crippen molar-refractivity contribution in [3.05, 3.63) is 11.3 Å². The molecule has 9 heteroatoms. The number of ether oxygens (including phenoxy) is 1. The molecule has 1 amide bonds. The molecule has 1 atom stereocenters. The number of carbonyl (C=O) groups excluding carboxylic acids is 1. The normalized spacial score (nSPS) is 13.1. The molecule has 0 aliphatic carbocycles. The number of aryl methyl sites for hydroxylation is 1. The summed E-state index contributed by atoms with van der Waals surface area (Å²) in [6.07, 6.45) is -4.36. The Labute approximate surface area is 118 Å². The monoisotopic (exact) mass is 311 g/mol. The summed E-state index contributed by atoms with van der Waals surface area (Å²) in [5.41, 5.74) is 0.973. The minimum absolute atomic E-state index is 0.212. The van der Waals surface area contributed by atoms with E-state index in [0.717, 1.165) is 11.5 Å². The molecule has 0 spiro atoms. The molecule has 114 valence electrons. The summed E-state index contributed by atoms with van der Waals surface area (Å²) in [5.74, 6) is -0.385. The number of halogens is 3. The molecular weight excluding hydrogens is 295 g/mol. The molecule has 20 heavy (non-hydrogen) atoms. The second kappa shape index (κ2) is 6.89. The largest absolute Gasteiger partial charge is 0.411 e. The summed E-state index contributed by atoms with van der Waals surface area (Å²) in [4.78, 5) is 12.0. The van der Waals surface area contributed by atoms with Gasteiger partial charge in [0.1, 0.15) is 11.6 Å². The van der Waals surface area contributed by atoms with Crippen molar-refractivity contribution in [2.75, 3.05) is 25.6 Å². The second-order valence-electron chi connectivity index (χ2n) is 4.23. The third-order valence-corrected chi connectivity index (χ3v) is 3.28. The van der Waals surface area contributed by atoms with Crippen molar-refractivity contribution in [3.8, 4) is 0 Å². The van der Waals surface area contributed by atoms with Crippen LogP contribution in [0.3, 0.4) is 0 Å². The van der Waals surface area contributed by atoms with Gasteiger partial charge in [0.05, 0.1) is 17.9 Å². The molecule has 0 aliphatic heterocycles. The average molecular weight is 311 g/mol. The first-order valence-corrected chi connectivity index (χ1v) is 6.61. The molecule has 0 radical (unpaired) electrons. The Morgan fingerprint density at radius 2 is 2.15 bits per heavy atom. The lowest BCUT2D eigenvalue weighted by Gasteiger charge is -2.15. The molecule has 1 aromatic heterocycles. The molecule has 5 nitrogen and oxygen atoms in total. The Bertz CT molecular complexity index is 462. The van der Waals surface area contributed by atoms with Gasteiger partial charge in [-0.2, -0.15) is 17.5 Å². The van der Waals surface area contributed by atoms with Gasteiger partial charge in [-0.1, -0.05) is 0 Å². The van der Waals surface area contributed by atoms with Crippen molar-refractivity contribution in [1.29, 1.82) is 0 Å². The molecule has 0 saturated heterocycles. The number of alkyl halides is 3. The van der Waals surface area contributed by atoms with Gasteiger partial charge in [-0.3, -0.25) is 4.79 Å². The summed E-state index contributed by atoms with van der Waals surface area (Å²) in [5, 5.41) is 6.04. The molecule has 0 bridgehead atoms. The van der Waals surface area contributed by atoms with E-state index in [-0.39, 0.29) is 12.5 Å². The number of hydrogen-bond acceptors (Lipinski definition) is 5. The molecular formula is C11H16F3N3O2S. The highest BCUT2D eigenvalue weighted by Crippen LogP contribution is 2.23. The smallest absolute Gasteiger partial charge is 0.378 e. The first-order valence-electron chi connectivity index (χ1n) is 5.84. The fourth-order valence-corrected chi connectivity index (χ4v) is 2.24. The van der Waals surface area contributed by atoms with E-state index >= 15 is 0 Å². The number of carbonyl (C=O) groups is 1. The fraction of sp³-hybridized carbons (Fsp3) is 0.636. The first-order chi connectivity index (χ1) is 9.24. The lowest BCUT2D eigenvalue weighted by molar-refractivity contribution is -0.174. The number of nitrogens with one attached hydrogen (secondary N) is 2. The van der Waals surface area contributed by atoms with Gasteiger partial charge in [-0.25, -0.2) is 0 Å². The highest BCUT2D eigenvalue weighted by atomic mass is 32.1. The first kappa shape index (κ1) is 16.7. The SMILES string of the molecule is CNc1snc(C)c1C(=O)NC(C)COCC(F)(F)F. The van der Waals surface area contributed by atoms with E-state index in [9.17, 15) is 18.0 Å². The van der Waals surface area contributed by atoms with Crippen LogP contribution in [-0.4, -0.2) is 42.8 Å². The van der Waals surface area contributed by atoms with Crippen LogP contribution >= 0.6 is 11.5 Å². The molecule has 0 aliphatic rings. The van der Waals surface area contributed by atoms with Gasteiger partial charge in [0.15, 0.2) is 0 Å². The van der Waals surface area contributed by atoms with Crippen molar-refractivity contribution in [2.24, 2.45) is 0 Å². The minimum Gasteiger partial charge on any atom is -0.378 e. The van der Waals surface area contributed by atoms with E-state index in [1.54, 1.807) is 20.9 Å². The van der Waals surface area contributed by atoms with E-state index in [4.69, 9.17) is 0 Å². The highest BCUT2D eigenvalue weighted by Gasteiger charge is 2.28. The maximum Gasteiger partial charge on any atom is 0.411 e. The number of hydrogen-bond donors (Lipinski definition) is 2. The number of nitrogens with zero attached hydrogens (tertiary/aromatic N) is 1. The summed E-state index contributed by atoms with van der Waals surface area (Å²) in [6.45, 7) is 1.73. The van der Waals surface area contributed by atoms with E-state index in [1.807, 2.05) is 0 Å². The lowest BCUT2D eigenvalue weighted by Crippen LogP contribution is -2.37. The van der Waals surface area contributed by atoms with Gasteiger partial charge in [0.2, 0.25) is 0 Å². The van der Waals surface area contributed by atoms with Gasteiger partial charge >= 0.3 is 6.18 Å². The molecule has 1 rings (SSSR count). The second-order valence-corrected chi connectivity index (χ2v) is 5.00. The fourth-order valence-electron chi connectivity index (χ4n) is 1.50. The van der Waals surface area contributed by atoms with Crippen LogP contribution in [0.1, 0.15) is 23.0 Å². The van der Waals surface area contributed by atoms with Crippen LogP contribution < -0.4 is 10.6 Å². The summed E-state index contributed by atoms with van der Waals surface area (Å²) in [6, 6.07) is -0.533. The van der Waals surface area contributed by atoms with Crippen LogP contribution in [0.5, 0.6) is 0 Å². The van der Waals surface area contributed by atoms with Gasteiger partial charge in [-0.05, 0) is 25.4 Å². The maximum absolute atomic E-state index is 12.0. The molecule has 2 N–H and O–H groups in total. The van der Waals surface area contributed by atoms with Crippen LogP contribution in [-0.2, 0) is 4.74 Å². The van der Waals surface area contributed by atoms with Crippen LogP contribution in [0.25, 0.3) is 0 Å². The van der Waals surface area contributed by atoms with Gasteiger partial charge in [0, 0.05) is 13.1 Å². The molecule has 0 aromatic carbocycles. The van der Waals surface area contributed by atoms with Gasteiger partial charge in [0.25, 0.3) is 5.91 Å². The van der Waals surface area contributed by atoms with E-state index in [2.05, 4.69) is 19.7 Å². The third kappa shape index (κ3) is 4.97. The topological polar surface area (TPSA) is 63.2 Å². The Morgan fingerprint density at radius 1 is 1.50 bits per heavy atom. The van der Waals surface area contributed by atoms with Crippen molar-refractivity contribution in [3.63, 3.8) is 0 Å². The summed E-state index contributed by atoms with van der Waals surface area (Å²) < 4.78 is 44.3. The lowest BCUT2D eigenvalue weighted by atomic mass is 10.2. The zero-order valence-corrected chi connectivity index (χ0v) is 12.1. The van der Waals surface area contributed by atoms with Crippen LogP contribution in [0, 0.1) is 6.92 Å². The molecule has 1 unspecified atom stereocenters. The Balaban J connectivity index is 2.51. The molecule has 0 saturated carbocycles. The third-order valence-electron chi connectivity index (χ3n) is 2.33. The van der Waals surface area contributed by atoms with Crippen LogP contribution in [0.2, 0.25) is 0 Å². The number of aromatic nitrogens is 1. The van der Waals surface area contributed by atoms with Crippen molar-refractivity contribution >= 4 is 22.4 Å². The highest BCUT2D eigenvalue weighted by molar-refractivity contribution is 7.10. The van der Waals surface area contributed by atoms with E-state index in [1.165, 1.54) is 0 Å². The van der Waals surface area contributed by atoms with Crippen molar-refractivity contribution in [1.82, 2.24) is 9.69 Å². The zero-order valence-electron chi connectivity index (χ0n) is 11.3. The predicted molar refractivity (Wildman–Crippen MR) is 70.2 cm³/mol. The molecule has 0 fully saturated rings. The Hall–Kier alpha value is -1.35. The average Bonchev–Trinajstić information content (AvgIpc) is 2.68. The quantitative estimate of drug-likeness (QED) is 0.845. The minimum atomic E-state index is -4.36.